The Morgan fingerprint density at radius 3 is 2.92 bits per heavy atom. The van der Waals surface area contributed by atoms with E-state index in [0.29, 0.717) is 39.8 Å². The number of hydrogen-bond acceptors (Lipinski definition) is 5. The van der Waals surface area contributed by atoms with E-state index in [2.05, 4.69) is 4.98 Å². The van der Waals surface area contributed by atoms with Gasteiger partial charge in [-0.25, -0.2) is 9.78 Å². The molecule has 4 nitrogen and oxygen atoms in total. The quantitative estimate of drug-likeness (QED) is 0.573. The van der Waals surface area contributed by atoms with Gasteiger partial charge in [-0.1, -0.05) is 23.2 Å². The summed E-state index contributed by atoms with van der Waals surface area (Å²) in [5.41, 5.74) is 1.36. The van der Waals surface area contributed by atoms with Crippen molar-refractivity contribution in [2.24, 2.45) is 0 Å². The maximum absolute atomic E-state index is 11.7. The second kappa shape index (κ2) is 6.06. The Balaban J connectivity index is 1.62. The number of fused-ring (bicyclic) bond motifs is 1. The van der Waals surface area contributed by atoms with Crippen LogP contribution in [0, 0.1) is 6.92 Å². The lowest BCUT2D eigenvalue weighted by molar-refractivity contribution is 0.302. The molecule has 0 saturated heterocycles. The predicted octanol–water partition coefficient (Wildman–Crippen LogP) is 5.32. The third-order valence-electron chi connectivity index (χ3n) is 4.02. The van der Waals surface area contributed by atoms with E-state index in [1.165, 1.54) is 17.8 Å². The van der Waals surface area contributed by atoms with Crippen LogP contribution in [0.25, 0.3) is 11.0 Å². The number of aryl methyl sites for hydroxylation is 1. The van der Waals surface area contributed by atoms with Crippen LogP contribution in [-0.4, -0.2) is 4.98 Å². The van der Waals surface area contributed by atoms with Crippen molar-refractivity contribution >= 4 is 45.5 Å². The van der Waals surface area contributed by atoms with Crippen LogP contribution in [0.3, 0.4) is 0 Å². The van der Waals surface area contributed by atoms with Gasteiger partial charge in [0, 0.05) is 22.8 Å². The highest BCUT2D eigenvalue weighted by Crippen LogP contribution is 2.41. The summed E-state index contributed by atoms with van der Waals surface area (Å²) in [4.78, 5) is 16.3. The molecule has 0 spiro atoms. The second-order valence-corrected chi connectivity index (χ2v) is 7.52. The highest BCUT2D eigenvalue weighted by atomic mass is 35.5. The fourth-order valence-corrected chi connectivity index (χ4v) is 3.83. The van der Waals surface area contributed by atoms with Crippen LogP contribution in [0.2, 0.25) is 10.0 Å². The van der Waals surface area contributed by atoms with Crippen molar-refractivity contribution in [2.75, 3.05) is 0 Å². The maximum Gasteiger partial charge on any atom is 0.355 e. The SMILES string of the molecule is Cc1c(Cl)c(=O)oc2cc(OCc3csc(C4CC4)n3)c(Cl)cc12. The number of ether oxygens (including phenoxy) is 1. The van der Waals surface area contributed by atoms with Gasteiger partial charge in [-0.2, -0.15) is 0 Å². The molecule has 1 aromatic carbocycles. The molecule has 2 heterocycles. The lowest BCUT2D eigenvalue weighted by atomic mass is 10.1. The van der Waals surface area contributed by atoms with Crippen LogP contribution in [0.1, 0.15) is 35.0 Å². The van der Waals surface area contributed by atoms with Gasteiger partial charge in [0.15, 0.2) is 0 Å². The van der Waals surface area contributed by atoms with Crippen LogP contribution < -0.4 is 10.4 Å². The Morgan fingerprint density at radius 2 is 2.17 bits per heavy atom. The minimum atomic E-state index is -0.566. The van der Waals surface area contributed by atoms with Crippen LogP contribution in [-0.2, 0) is 6.61 Å². The van der Waals surface area contributed by atoms with Crippen molar-refractivity contribution in [3.05, 3.63) is 54.2 Å². The minimum absolute atomic E-state index is 0.0716. The first-order valence-electron chi connectivity index (χ1n) is 7.52. The number of thiazole rings is 1. The average Bonchev–Trinajstić information content (AvgIpc) is 3.31. The van der Waals surface area contributed by atoms with Gasteiger partial charge in [0.2, 0.25) is 0 Å². The zero-order chi connectivity index (χ0) is 16.8. The van der Waals surface area contributed by atoms with E-state index in [1.807, 2.05) is 5.38 Å². The maximum atomic E-state index is 11.7. The summed E-state index contributed by atoms with van der Waals surface area (Å²) in [7, 11) is 0. The average molecular weight is 382 g/mol. The zero-order valence-electron chi connectivity index (χ0n) is 12.8. The molecular weight excluding hydrogens is 369 g/mol. The molecule has 7 heteroatoms. The highest BCUT2D eigenvalue weighted by molar-refractivity contribution is 7.09. The molecule has 0 bridgehead atoms. The monoisotopic (exact) mass is 381 g/mol. The Labute approximate surface area is 152 Å². The molecule has 24 heavy (non-hydrogen) atoms. The van der Waals surface area contributed by atoms with Gasteiger partial charge in [-0.15, -0.1) is 11.3 Å². The topological polar surface area (TPSA) is 52.3 Å². The van der Waals surface area contributed by atoms with Crippen molar-refractivity contribution in [3.63, 3.8) is 0 Å². The summed E-state index contributed by atoms with van der Waals surface area (Å²) in [6, 6.07) is 3.32. The number of benzene rings is 1. The first-order chi connectivity index (χ1) is 11.5. The van der Waals surface area contributed by atoms with Crippen LogP contribution in [0.5, 0.6) is 5.75 Å². The smallest absolute Gasteiger partial charge is 0.355 e. The number of rotatable bonds is 4. The molecule has 0 radical (unpaired) electrons. The van der Waals surface area contributed by atoms with Crippen molar-refractivity contribution in [3.8, 4) is 5.75 Å². The van der Waals surface area contributed by atoms with Gasteiger partial charge >= 0.3 is 5.63 Å². The summed E-state index contributed by atoms with van der Waals surface area (Å²) in [5, 5.41) is 4.39. The lowest BCUT2D eigenvalue weighted by Gasteiger charge is -2.09. The largest absolute Gasteiger partial charge is 0.486 e. The van der Waals surface area contributed by atoms with Crippen molar-refractivity contribution in [1.29, 1.82) is 0 Å². The molecule has 1 aliphatic carbocycles. The zero-order valence-corrected chi connectivity index (χ0v) is 15.1. The van der Waals surface area contributed by atoms with Crippen molar-refractivity contribution in [2.45, 2.75) is 32.3 Å². The standard InChI is InChI=1S/C17H13Cl2NO3S/c1-8-11-4-12(18)14(5-13(11)23-17(21)15(8)19)22-6-10-7-24-16(20-10)9-2-3-9/h4-5,7,9H,2-3,6H2,1H3. The number of aromatic nitrogens is 1. The molecule has 0 aliphatic heterocycles. The molecule has 1 aliphatic rings. The Kier molecular flexibility index (Phi) is 4.03. The summed E-state index contributed by atoms with van der Waals surface area (Å²) >= 11 is 13.9. The lowest BCUT2D eigenvalue weighted by Crippen LogP contribution is -2.02. The van der Waals surface area contributed by atoms with Gasteiger partial charge in [-0.3, -0.25) is 0 Å². The number of hydrogen-bond donors (Lipinski definition) is 0. The van der Waals surface area contributed by atoms with E-state index in [0.717, 1.165) is 5.69 Å². The molecular formula is C17H13Cl2NO3S. The number of halogens is 2. The summed E-state index contributed by atoms with van der Waals surface area (Å²) in [6.07, 6.45) is 2.45. The molecule has 0 atom stereocenters. The molecule has 2 aromatic heterocycles. The van der Waals surface area contributed by atoms with E-state index < -0.39 is 5.63 Å². The molecule has 0 unspecified atom stereocenters. The van der Waals surface area contributed by atoms with E-state index in [9.17, 15) is 4.79 Å². The Morgan fingerprint density at radius 1 is 1.38 bits per heavy atom. The third-order valence-corrected chi connectivity index (χ3v) is 5.81. The van der Waals surface area contributed by atoms with Crippen LogP contribution >= 0.6 is 34.5 Å². The third kappa shape index (κ3) is 2.92. The molecule has 0 N–H and O–H groups in total. The number of nitrogens with zero attached hydrogens (tertiary/aromatic N) is 1. The van der Waals surface area contributed by atoms with Crippen LogP contribution in [0.4, 0.5) is 0 Å². The van der Waals surface area contributed by atoms with Crippen molar-refractivity contribution in [1.82, 2.24) is 4.98 Å². The molecule has 1 saturated carbocycles. The van der Waals surface area contributed by atoms with E-state index in [1.54, 1.807) is 30.4 Å². The van der Waals surface area contributed by atoms with Crippen molar-refractivity contribution < 1.29 is 9.15 Å². The molecule has 3 aromatic rings. The summed E-state index contributed by atoms with van der Waals surface area (Å²) in [5.74, 6) is 1.09. The van der Waals surface area contributed by atoms with E-state index in [-0.39, 0.29) is 5.02 Å². The van der Waals surface area contributed by atoms with Gasteiger partial charge in [0.25, 0.3) is 0 Å². The van der Waals surface area contributed by atoms with E-state index >= 15 is 0 Å². The predicted molar refractivity (Wildman–Crippen MR) is 95.7 cm³/mol. The summed E-state index contributed by atoms with van der Waals surface area (Å²) < 4.78 is 11.0. The second-order valence-electron chi connectivity index (χ2n) is 5.85. The van der Waals surface area contributed by atoms with Crippen LogP contribution in [0.15, 0.2) is 26.7 Å². The minimum Gasteiger partial charge on any atom is -0.486 e. The van der Waals surface area contributed by atoms with Gasteiger partial charge in [-0.05, 0) is 31.4 Å². The molecule has 0 amide bonds. The molecule has 124 valence electrons. The Bertz CT molecular complexity index is 991. The molecule has 4 rings (SSSR count). The first-order valence-corrected chi connectivity index (χ1v) is 9.16. The summed E-state index contributed by atoms with van der Waals surface area (Å²) in [6.45, 7) is 2.08. The van der Waals surface area contributed by atoms with Gasteiger partial charge in [0.05, 0.1) is 15.7 Å². The Hall–Kier alpha value is -1.56. The van der Waals surface area contributed by atoms with Gasteiger partial charge < -0.3 is 9.15 Å². The fourth-order valence-electron chi connectivity index (χ4n) is 2.50. The first kappa shape index (κ1) is 15.9. The van der Waals surface area contributed by atoms with Gasteiger partial charge in [0.1, 0.15) is 23.0 Å². The molecule has 1 fully saturated rings. The fraction of sp³-hybridized carbons (Fsp3) is 0.294. The normalized spacial score (nSPS) is 14.3. The highest BCUT2D eigenvalue weighted by Gasteiger charge is 2.26. The van der Waals surface area contributed by atoms with E-state index in [4.69, 9.17) is 32.4 Å².